The molecule has 1 heterocycles. The molecular formula is C14H19FN4O. The van der Waals surface area contributed by atoms with Gasteiger partial charge in [-0.25, -0.2) is 4.39 Å². The van der Waals surface area contributed by atoms with Gasteiger partial charge in [0.05, 0.1) is 24.5 Å². The third-order valence-corrected chi connectivity index (χ3v) is 2.83. The second kappa shape index (κ2) is 6.27. The van der Waals surface area contributed by atoms with Crippen molar-refractivity contribution in [3.8, 4) is 5.75 Å². The zero-order valence-electron chi connectivity index (χ0n) is 11.6. The summed E-state index contributed by atoms with van der Waals surface area (Å²) >= 11 is 0. The highest BCUT2D eigenvalue weighted by Gasteiger charge is 2.11. The minimum atomic E-state index is -0.449. The molecule has 0 radical (unpaired) electrons. The maximum absolute atomic E-state index is 13.6. The fourth-order valence-electron chi connectivity index (χ4n) is 1.96. The van der Waals surface area contributed by atoms with Crippen LogP contribution in [0.2, 0.25) is 0 Å². The molecule has 0 fully saturated rings. The van der Waals surface area contributed by atoms with Gasteiger partial charge in [-0.05, 0) is 19.9 Å². The van der Waals surface area contributed by atoms with Crippen LogP contribution in [-0.2, 0) is 6.54 Å². The van der Waals surface area contributed by atoms with Gasteiger partial charge < -0.3 is 15.8 Å². The molecule has 6 heteroatoms. The Bertz CT molecular complexity index is 557. The Morgan fingerprint density at radius 1 is 1.50 bits per heavy atom. The van der Waals surface area contributed by atoms with Crippen LogP contribution in [0.4, 0.5) is 15.8 Å². The summed E-state index contributed by atoms with van der Waals surface area (Å²) in [6, 6.07) is 4.82. The number of nitrogens with two attached hydrogens (primary N) is 1. The number of halogens is 1. The van der Waals surface area contributed by atoms with Crippen LogP contribution in [0.15, 0.2) is 30.6 Å². The Kier molecular flexibility index (Phi) is 4.45. The molecule has 108 valence electrons. The lowest BCUT2D eigenvalue weighted by atomic mass is 10.2. The van der Waals surface area contributed by atoms with Gasteiger partial charge in [0.2, 0.25) is 0 Å². The van der Waals surface area contributed by atoms with E-state index in [1.807, 2.05) is 30.8 Å². The third kappa shape index (κ3) is 3.40. The fraction of sp³-hybridized carbons (Fsp3) is 0.357. The molecule has 2 rings (SSSR count). The maximum atomic E-state index is 13.6. The zero-order valence-corrected chi connectivity index (χ0v) is 11.6. The molecule has 1 aromatic carbocycles. The second-order valence-corrected chi connectivity index (χ2v) is 4.58. The van der Waals surface area contributed by atoms with E-state index >= 15 is 0 Å². The molecule has 20 heavy (non-hydrogen) atoms. The Hall–Kier alpha value is -2.24. The normalized spacial score (nSPS) is 12.2. The largest absolute Gasteiger partial charge is 0.491 e. The summed E-state index contributed by atoms with van der Waals surface area (Å²) in [7, 11) is 0. The second-order valence-electron chi connectivity index (χ2n) is 4.58. The SMILES string of the molecule is CCOc1cc(NC(C)Cn2cccn2)c(N)cc1F. The van der Waals surface area contributed by atoms with Gasteiger partial charge in [-0.3, -0.25) is 4.68 Å². The van der Waals surface area contributed by atoms with Gasteiger partial charge in [0.25, 0.3) is 0 Å². The smallest absolute Gasteiger partial charge is 0.167 e. The molecule has 0 bridgehead atoms. The van der Waals surface area contributed by atoms with Crippen LogP contribution in [0.3, 0.4) is 0 Å². The first-order valence-electron chi connectivity index (χ1n) is 6.56. The van der Waals surface area contributed by atoms with Gasteiger partial charge in [0.1, 0.15) is 0 Å². The molecule has 5 nitrogen and oxygen atoms in total. The quantitative estimate of drug-likeness (QED) is 0.797. The number of nitrogens with one attached hydrogen (secondary N) is 1. The van der Waals surface area contributed by atoms with Crippen molar-refractivity contribution in [1.82, 2.24) is 9.78 Å². The van der Waals surface area contributed by atoms with E-state index < -0.39 is 5.82 Å². The summed E-state index contributed by atoms with van der Waals surface area (Å²) < 4.78 is 20.7. The van der Waals surface area contributed by atoms with E-state index in [4.69, 9.17) is 10.5 Å². The lowest BCUT2D eigenvalue weighted by molar-refractivity contribution is 0.322. The van der Waals surface area contributed by atoms with Crippen LogP contribution in [0, 0.1) is 5.82 Å². The van der Waals surface area contributed by atoms with Gasteiger partial charge >= 0.3 is 0 Å². The molecule has 0 amide bonds. The van der Waals surface area contributed by atoms with Gasteiger partial charge in [-0.2, -0.15) is 5.10 Å². The number of hydrogen-bond donors (Lipinski definition) is 2. The summed E-state index contributed by atoms with van der Waals surface area (Å²) in [6.45, 7) is 4.91. The maximum Gasteiger partial charge on any atom is 0.167 e. The molecule has 0 aliphatic heterocycles. The molecule has 1 atom stereocenters. The van der Waals surface area contributed by atoms with E-state index in [0.717, 1.165) is 0 Å². The van der Waals surface area contributed by atoms with Crippen molar-refractivity contribution >= 4 is 11.4 Å². The van der Waals surface area contributed by atoms with Gasteiger partial charge in [-0.15, -0.1) is 0 Å². The molecule has 1 aromatic heterocycles. The lowest BCUT2D eigenvalue weighted by Crippen LogP contribution is -2.22. The van der Waals surface area contributed by atoms with Crippen LogP contribution >= 0.6 is 0 Å². The van der Waals surface area contributed by atoms with E-state index in [1.165, 1.54) is 6.07 Å². The average Bonchev–Trinajstić information content (AvgIpc) is 2.88. The Balaban J connectivity index is 2.09. The van der Waals surface area contributed by atoms with Crippen molar-refractivity contribution in [1.29, 1.82) is 0 Å². The first-order valence-corrected chi connectivity index (χ1v) is 6.56. The highest BCUT2D eigenvalue weighted by molar-refractivity contribution is 5.68. The van der Waals surface area contributed by atoms with E-state index in [9.17, 15) is 4.39 Å². The fourth-order valence-corrected chi connectivity index (χ4v) is 1.96. The number of aromatic nitrogens is 2. The predicted molar refractivity (Wildman–Crippen MR) is 77.3 cm³/mol. The Labute approximate surface area is 117 Å². The predicted octanol–water partition coefficient (Wildman–Crippen LogP) is 2.50. The van der Waals surface area contributed by atoms with Crippen LogP contribution in [0.25, 0.3) is 0 Å². The van der Waals surface area contributed by atoms with Crippen LogP contribution < -0.4 is 15.8 Å². The van der Waals surface area contributed by atoms with Crippen LogP contribution in [-0.4, -0.2) is 22.4 Å². The molecule has 0 saturated carbocycles. The van der Waals surface area contributed by atoms with Crippen molar-refractivity contribution in [2.75, 3.05) is 17.7 Å². The topological polar surface area (TPSA) is 65.1 Å². The molecule has 0 saturated heterocycles. The summed E-state index contributed by atoms with van der Waals surface area (Å²) in [4.78, 5) is 0. The standard InChI is InChI=1S/C14H19FN4O/c1-3-20-14-8-13(12(16)7-11(14)15)18-10(2)9-19-6-4-5-17-19/h4-8,10,18H,3,9,16H2,1-2H3. The van der Waals surface area contributed by atoms with E-state index in [2.05, 4.69) is 10.4 Å². The lowest BCUT2D eigenvalue weighted by Gasteiger charge is -2.18. The van der Waals surface area contributed by atoms with Gasteiger partial charge in [0.15, 0.2) is 11.6 Å². The number of nitrogens with zero attached hydrogens (tertiary/aromatic N) is 2. The van der Waals surface area contributed by atoms with E-state index in [1.54, 1.807) is 12.3 Å². The van der Waals surface area contributed by atoms with Gasteiger partial charge in [-0.1, -0.05) is 0 Å². The third-order valence-electron chi connectivity index (χ3n) is 2.83. The molecule has 0 spiro atoms. The highest BCUT2D eigenvalue weighted by atomic mass is 19.1. The van der Waals surface area contributed by atoms with Crippen molar-refractivity contribution in [2.45, 2.75) is 26.4 Å². The van der Waals surface area contributed by atoms with Crippen molar-refractivity contribution < 1.29 is 9.13 Å². The summed E-state index contributed by atoms with van der Waals surface area (Å²) in [5.41, 5.74) is 6.85. The van der Waals surface area contributed by atoms with Crippen molar-refractivity contribution in [3.05, 3.63) is 36.4 Å². The molecular weight excluding hydrogens is 259 g/mol. The molecule has 1 unspecified atom stereocenters. The summed E-state index contributed by atoms with van der Waals surface area (Å²) in [5, 5.41) is 7.38. The summed E-state index contributed by atoms with van der Waals surface area (Å²) in [6.07, 6.45) is 3.62. The minimum absolute atomic E-state index is 0.0946. The van der Waals surface area contributed by atoms with Crippen LogP contribution in [0.5, 0.6) is 5.75 Å². The zero-order chi connectivity index (χ0) is 14.5. The van der Waals surface area contributed by atoms with Crippen LogP contribution in [0.1, 0.15) is 13.8 Å². The summed E-state index contributed by atoms with van der Waals surface area (Å²) in [5.74, 6) is -0.245. The van der Waals surface area contributed by atoms with E-state index in [-0.39, 0.29) is 11.8 Å². The average molecular weight is 278 g/mol. The molecule has 0 aliphatic carbocycles. The number of nitrogen functional groups attached to an aromatic ring is 1. The minimum Gasteiger partial charge on any atom is -0.491 e. The number of ether oxygens (including phenoxy) is 1. The number of benzene rings is 1. The van der Waals surface area contributed by atoms with Gasteiger partial charge in [0, 0.05) is 30.6 Å². The Morgan fingerprint density at radius 2 is 2.30 bits per heavy atom. The molecule has 2 aromatic rings. The number of rotatable bonds is 6. The molecule has 0 aliphatic rings. The highest BCUT2D eigenvalue weighted by Crippen LogP contribution is 2.28. The number of hydrogen-bond acceptors (Lipinski definition) is 4. The molecule has 3 N–H and O–H groups in total. The Morgan fingerprint density at radius 3 is 2.95 bits per heavy atom. The first-order chi connectivity index (χ1) is 9.60. The van der Waals surface area contributed by atoms with Crippen molar-refractivity contribution in [3.63, 3.8) is 0 Å². The number of anilines is 2. The first kappa shape index (κ1) is 14.2. The van der Waals surface area contributed by atoms with Crippen molar-refractivity contribution in [2.24, 2.45) is 0 Å². The van der Waals surface area contributed by atoms with E-state index in [0.29, 0.717) is 24.5 Å². The monoisotopic (exact) mass is 278 g/mol.